The summed E-state index contributed by atoms with van der Waals surface area (Å²) < 4.78 is 0. The zero-order chi connectivity index (χ0) is 14.7. The Bertz CT molecular complexity index is 505. The molecule has 1 aromatic rings. The number of urea groups is 1. The molecule has 8 heteroatoms. The van der Waals surface area contributed by atoms with Gasteiger partial charge in [0, 0.05) is 11.9 Å². The van der Waals surface area contributed by atoms with E-state index in [2.05, 4.69) is 10.3 Å². The average molecular weight is 299 g/mol. The van der Waals surface area contributed by atoms with Crippen LogP contribution in [0.5, 0.6) is 0 Å². The van der Waals surface area contributed by atoms with Crippen molar-refractivity contribution in [3.05, 3.63) is 16.1 Å². The fourth-order valence-corrected chi connectivity index (χ4v) is 2.99. The number of rotatable bonds is 4. The highest BCUT2D eigenvalue weighted by Crippen LogP contribution is 2.23. The van der Waals surface area contributed by atoms with E-state index in [-0.39, 0.29) is 36.8 Å². The first-order chi connectivity index (χ1) is 9.52. The Labute approximate surface area is 120 Å². The largest absolute Gasteiger partial charge is 0.476 e. The van der Waals surface area contributed by atoms with Crippen molar-refractivity contribution in [1.29, 1.82) is 0 Å². The van der Waals surface area contributed by atoms with Crippen molar-refractivity contribution in [3.8, 4) is 0 Å². The lowest BCUT2D eigenvalue weighted by molar-refractivity contribution is 0.0691. The number of carbonyl (C=O) groups is 2. The van der Waals surface area contributed by atoms with Gasteiger partial charge < -0.3 is 20.4 Å². The van der Waals surface area contributed by atoms with Crippen molar-refractivity contribution in [2.24, 2.45) is 5.92 Å². The number of aromatic carboxylic acids is 1. The van der Waals surface area contributed by atoms with Crippen LogP contribution in [0.15, 0.2) is 5.38 Å². The van der Waals surface area contributed by atoms with Gasteiger partial charge in [0.15, 0.2) is 5.69 Å². The smallest absolute Gasteiger partial charge is 0.355 e. The number of likely N-dealkylation sites (tertiary alicyclic amines) is 1. The molecule has 2 unspecified atom stereocenters. The van der Waals surface area contributed by atoms with Gasteiger partial charge in [0.25, 0.3) is 0 Å². The number of thiazole rings is 1. The van der Waals surface area contributed by atoms with Crippen molar-refractivity contribution in [3.63, 3.8) is 0 Å². The van der Waals surface area contributed by atoms with Gasteiger partial charge in [0.1, 0.15) is 5.01 Å². The van der Waals surface area contributed by atoms with E-state index < -0.39 is 5.97 Å². The summed E-state index contributed by atoms with van der Waals surface area (Å²) in [4.78, 5) is 28.3. The summed E-state index contributed by atoms with van der Waals surface area (Å²) in [6.07, 6.45) is 0.874. The van der Waals surface area contributed by atoms with E-state index in [1.165, 1.54) is 16.7 Å². The lowest BCUT2D eigenvalue weighted by Gasteiger charge is -2.25. The van der Waals surface area contributed by atoms with Gasteiger partial charge in [0.05, 0.1) is 19.2 Å². The number of carboxylic acids is 1. The Morgan fingerprint density at radius 2 is 2.35 bits per heavy atom. The highest BCUT2D eigenvalue weighted by molar-refractivity contribution is 7.09. The van der Waals surface area contributed by atoms with Gasteiger partial charge in [-0.3, -0.25) is 0 Å². The van der Waals surface area contributed by atoms with E-state index >= 15 is 0 Å². The fraction of sp³-hybridized carbons (Fsp3) is 0.583. The Kier molecular flexibility index (Phi) is 4.56. The topological polar surface area (TPSA) is 103 Å². The second-order valence-corrected chi connectivity index (χ2v) is 5.74. The predicted octanol–water partition coefficient (Wildman–Crippen LogP) is 0.754. The summed E-state index contributed by atoms with van der Waals surface area (Å²) >= 11 is 1.19. The lowest BCUT2D eigenvalue weighted by Crippen LogP contribution is -2.45. The first kappa shape index (κ1) is 14.7. The minimum atomic E-state index is -1.08. The zero-order valence-electron chi connectivity index (χ0n) is 11.1. The normalized spacial score (nSPS) is 22.0. The minimum absolute atomic E-state index is 0.0118. The predicted molar refractivity (Wildman–Crippen MR) is 72.7 cm³/mol. The third-order valence-corrected chi connectivity index (χ3v) is 4.34. The van der Waals surface area contributed by atoms with Crippen LogP contribution < -0.4 is 5.32 Å². The van der Waals surface area contributed by atoms with Gasteiger partial charge in [-0.05, 0) is 12.3 Å². The van der Waals surface area contributed by atoms with Crippen molar-refractivity contribution >= 4 is 23.3 Å². The van der Waals surface area contributed by atoms with E-state index in [1.54, 1.807) is 4.90 Å². The molecule has 0 aliphatic carbocycles. The number of nitrogens with zero attached hydrogens (tertiary/aromatic N) is 2. The molecule has 0 bridgehead atoms. The third kappa shape index (κ3) is 3.07. The molecule has 0 aromatic carbocycles. The van der Waals surface area contributed by atoms with Crippen molar-refractivity contribution < 1.29 is 19.8 Å². The number of hydrogen-bond acceptors (Lipinski definition) is 5. The van der Waals surface area contributed by atoms with E-state index in [0.29, 0.717) is 11.6 Å². The van der Waals surface area contributed by atoms with Gasteiger partial charge in [-0.2, -0.15) is 0 Å². The molecule has 1 fully saturated rings. The van der Waals surface area contributed by atoms with Crippen LogP contribution in [-0.4, -0.2) is 51.3 Å². The second kappa shape index (κ2) is 6.19. The summed E-state index contributed by atoms with van der Waals surface area (Å²) in [5, 5.41) is 22.8. The van der Waals surface area contributed by atoms with Gasteiger partial charge in [0.2, 0.25) is 0 Å². The number of aliphatic hydroxyl groups is 1. The van der Waals surface area contributed by atoms with Crippen molar-refractivity contribution in [2.45, 2.75) is 25.9 Å². The zero-order valence-corrected chi connectivity index (χ0v) is 11.9. The molecule has 2 rings (SSSR count). The molecule has 1 aliphatic heterocycles. The molecule has 7 nitrogen and oxygen atoms in total. The Hall–Kier alpha value is -1.67. The highest BCUT2D eigenvalue weighted by atomic mass is 32.1. The molecule has 0 radical (unpaired) electrons. The Morgan fingerprint density at radius 3 is 2.95 bits per heavy atom. The maximum atomic E-state index is 12.0. The molecule has 3 N–H and O–H groups in total. The van der Waals surface area contributed by atoms with Gasteiger partial charge in [-0.15, -0.1) is 11.3 Å². The quantitative estimate of drug-likeness (QED) is 0.761. The molecular formula is C12H17N3O4S. The SMILES string of the molecule is CC1CCN(C(=O)NCc2nc(C(=O)O)cs2)C1CO. The summed E-state index contributed by atoms with van der Waals surface area (Å²) in [5.41, 5.74) is -0.0118. The number of carbonyl (C=O) groups excluding carboxylic acids is 1. The van der Waals surface area contributed by atoms with Crippen LogP contribution in [0.25, 0.3) is 0 Å². The van der Waals surface area contributed by atoms with Crippen LogP contribution in [0.4, 0.5) is 4.79 Å². The van der Waals surface area contributed by atoms with Gasteiger partial charge in [-0.1, -0.05) is 6.92 Å². The lowest BCUT2D eigenvalue weighted by atomic mass is 10.0. The molecule has 2 heterocycles. The molecule has 20 heavy (non-hydrogen) atoms. The molecule has 2 amide bonds. The summed E-state index contributed by atoms with van der Waals surface area (Å²) in [6.45, 7) is 2.78. The van der Waals surface area contributed by atoms with E-state index in [1.807, 2.05) is 6.92 Å². The Balaban J connectivity index is 1.90. The first-order valence-corrected chi connectivity index (χ1v) is 7.24. The molecule has 2 atom stereocenters. The molecular weight excluding hydrogens is 282 g/mol. The average Bonchev–Trinajstić information content (AvgIpc) is 3.02. The minimum Gasteiger partial charge on any atom is -0.476 e. The van der Waals surface area contributed by atoms with Gasteiger partial charge in [-0.25, -0.2) is 14.6 Å². The van der Waals surface area contributed by atoms with Crippen molar-refractivity contribution in [1.82, 2.24) is 15.2 Å². The summed E-state index contributed by atoms with van der Waals surface area (Å²) in [6, 6.07) is -0.402. The molecule has 0 saturated carbocycles. The maximum absolute atomic E-state index is 12.0. The Morgan fingerprint density at radius 1 is 1.60 bits per heavy atom. The summed E-state index contributed by atoms with van der Waals surface area (Å²) in [7, 11) is 0. The third-order valence-electron chi connectivity index (χ3n) is 3.49. The number of aliphatic hydroxyl groups excluding tert-OH is 1. The van der Waals surface area contributed by atoms with Crippen LogP contribution in [0, 0.1) is 5.92 Å². The number of amides is 2. The summed E-state index contributed by atoms with van der Waals surface area (Å²) in [5.74, 6) is -0.795. The molecule has 1 aliphatic rings. The van der Waals surface area contributed by atoms with Crippen LogP contribution in [-0.2, 0) is 6.54 Å². The number of nitrogens with one attached hydrogen (secondary N) is 1. The van der Waals surface area contributed by atoms with Gasteiger partial charge >= 0.3 is 12.0 Å². The van der Waals surface area contributed by atoms with Crippen LogP contribution in [0.1, 0.15) is 28.8 Å². The first-order valence-electron chi connectivity index (χ1n) is 6.36. The number of aromatic nitrogens is 1. The highest BCUT2D eigenvalue weighted by Gasteiger charge is 2.33. The molecule has 0 spiro atoms. The van der Waals surface area contributed by atoms with Crippen LogP contribution in [0.3, 0.4) is 0 Å². The molecule has 1 aromatic heterocycles. The van der Waals surface area contributed by atoms with E-state index in [9.17, 15) is 14.7 Å². The monoisotopic (exact) mass is 299 g/mol. The standard InChI is InChI=1S/C12H17N3O4S/c1-7-2-3-15(9(7)5-16)12(19)13-4-10-14-8(6-20-10)11(17)18/h6-7,9,16H,2-5H2,1H3,(H,13,19)(H,17,18). The number of carboxylic acid groups (broad SMARTS) is 1. The van der Waals surface area contributed by atoms with Crippen LogP contribution in [0.2, 0.25) is 0 Å². The van der Waals surface area contributed by atoms with Crippen molar-refractivity contribution in [2.75, 3.05) is 13.2 Å². The van der Waals surface area contributed by atoms with E-state index in [0.717, 1.165) is 6.42 Å². The second-order valence-electron chi connectivity index (χ2n) is 4.80. The fourth-order valence-electron chi connectivity index (χ4n) is 2.28. The van der Waals surface area contributed by atoms with Crippen LogP contribution >= 0.6 is 11.3 Å². The van der Waals surface area contributed by atoms with E-state index in [4.69, 9.17) is 5.11 Å². The number of hydrogen-bond donors (Lipinski definition) is 3. The maximum Gasteiger partial charge on any atom is 0.355 e. The molecule has 110 valence electrons. The molecule has 1 saturated heterocycles.